The summed E-state index contributed by atoms with van der Waals surface area (Å²) in [6, 6.07) is 3.73. The van der Waals surface area contributed by atoms with Gasteiger partial charge in [0, 0.05) is 12.6 Å². The molecule has 2 aliphatic rings. The predicted molar refractivity (Wildman–Crippen MR) is 134 cm³/mol. The van der Waals surface area contributed by atoms with Crippen LogP contribution in [0.1, 0.15) is 72.5 Å². The van der Waals surface area contributed by atoms with Crippen molar-refractivity contribution in [1.82, 2.24) is 4.90 Å². The number of carbonyl (C=O) groups is 2. The zero-order chi connectivity index (χ0) is 29.4. The highest BCUT2D eigenvalue weighted by Crippen LogP contribution is 2.45. The average Bonchev–Trinajstić information content (AvgIpc) is 2.89. The van der Waals surface area contributed by atoms with E-state index in [9.17, 15) is 35.9 Å². The molecule has 0 aromatic heterocycles. The summed E-state index contributed by atoms with van der Waals surface area (Å²) >= 11 is 0. The molecule has 0 saturated carbocycles. The Morgan fingerprint density at radius 3 is 2.05 bits per heavy atom. The maximum atomic E-state index is 13.5. The second-order valence-electron chi connectivity index (χ2n) is 10.1. The van der Waals surface area contributed by atoms with Crippen LogP contribution in [0.25, 0.3) is 0 Å². The van der Waals surface area contributed by atoms with Crippen LogP contribution < -0.4 is 4.90 Å². The zero-order valence-corrected chi connectivity index (χ0v) is 22.3. The first-order valence-electron chi connectivity index (χ1n) is 13.0. The number of hydrogen-bond donors (Lipinski definition) is 0. The third-order valence-corrected chi connectivity index (χ3v) is 7.37. The van der Waals surface area contributed by atoms with Crippen molar-refractivity contribution in [3.8, 4) is 0 Å². The molecular weight excluding hydrogens is 542 g/mol. The Labute approximate surface area is 227 Å². The van der Waals surface area contributed by atoms with E-state index < -0.39 is 54.3 Å². The van der Waals surface area contributed by atoms with Gasteiger partial charge in [0.15, 0.2) is 0 Å². The van der Waals surface area contributed by atoms with Crippen LogP contribution in [0.2, 0.25) is 0 Å². The molecule has 4 rings (SSSR count). The van der Waals surface area contributed by atoms with Crippen molar-refractivity contribution >= 4 is 17.9 Å². The van der Waals surface area contributed by atoms with Crippen molar-refractivity contribution < 1.29 is 45.4 Å². The van der Waals surface area contributed by atoms with Gasteiger partial charge in [-0.2, -0.15) is 26.3 Å². The van der Waals surface area contributed by atoms with Gasteiger partial charge < -0.3 is 9.47 Å². The standard InChI is InChI=1S/C28H30F6N2O4/c1-4-40-26(38)36-16(2)9-23(22-12-18-7-5-6-8-19(18)13-24(22)36)35(25(37)39-3)15-17-10-20(27(29,30)31)14-21(11-17)28(32,33)34/h10-14,16,23H,4-9,15H2,1-3H3. The van der Waals surface area contributed by atoms with Crippen molar-refractivity contribution in [2.24, 2.45) is 0 Å². The number of fused-ring (bicyclic) bond motifs is 2. The SMILES string of the molecule is CCOC(=O)N1c2cc3c(cc2C(N(Cc2cc(C(F)(F)F)cc(C(F)(F)F)c2)C(=O)OC)CC1C)CCCC3. The molecule has 6 nitrogen and oxygen atoms in total. The molecule has 2 aromatic carbocycles. The van der Waals surface area contributed by atoms with Crippen LogP contribution in [-0.2, 0) is 41.2 Å². The number of nitrogens with zero attached hydrogens (tertiary/aromatic N) is 2. The van der Waals surface area contributed by atoms with Crippen molar-refractivity contribution in [1.29, 1.82) is 0 Å². The monoisotopic (exact) mass is 572 g/mol. The van der Waals surface area contributed by atoms with Gasteiger partial charge in [0.1, 0.15) is 0 Å². The van der Waals surface area contributed by atoms with E-state index in [1.165, 1.54) is 4.90 Å². The fourth-order valence-electron chi connectivity index (χ4n) is 5.55. The van der Waals surface area contributed by atoms with E-state index in [2.05, 4.69) is 0 Å². The topological polar surface area (TPSA) is 59.1 Å². The number of rotatable bonds is 4. The van der Waals surface area contributed by atoms with Crippen LogP contribution in [0.15, 0.2) is 30.3 Å². The lowest BCUT2D eigenvalue weighted by molar-refractivity contribution is -0.143. The van der Waals surface area contributed by atoms with E-state index in [1.54, 1.807) is 13.8 Å². The molecule has 0 N–H and O–H groups in total. The van der Waals surface area contributed by atoms with Gasteiger partial charge in [0.25, 0.3) is 0 Å². The van der Waals surface area contributed by atoms with Gasteiger partial charge in [-0.05, 0) is 92.5 Å². The minimum Gasteiger partial charge on any atom is -0.453 e. The highest BCUT2D eigenvalue weighted by Gasteiger charge is 2.41. The Morgan fingerprint density at radius 2 is 1.52 bits per heavy atom. The molecule has 2 unspecified atom stereocenters. The summed E-state index contributed by atoms with van der Waals surface area (Å²) in [6.07, 6.45) is -7.93. The number of methoxy groups -OCH3 is 1. The lowest BCUT2D eigenvalue weighted by Crippen LogP contribution is -2.48. The molecule has 0 saturated heterocycles. The molecule has 1 aliphatic carbocycles. The van der Waals surface area contributed by atoms with Gasteiger partial charge >= 0.3 is 24.5 Å². The molecule has 12 heteroatoms. The molecule has 1 aliphatic heterocycles. The second kappa shape index (κ2) is 11.2. The summed E-state index contributed by atoms with van der Waals surface area (Å²) in [6.45, 7) is 2.98. The van der Waals surface area contributed by atoms with Crippen molar-refractivity contribution in [2.75, 3.05) is 18.6 Å². The molecular formula is C28H30F6N2O4. The molecule has 0 bridgehead atoms. The number of amides is 2. The van der Waals surface area contributed by atoms with Crippen molar-refractivity contribution in [3.63, 3.8) is 0 Å². The van der Waals surface area contributed by atoms with E-state index in [4.69, 9.17) is 9.47 Å². The third kappa shape index (κ3) is 6.00. The molecule has 1 heterocycles. The first-order chi connectivity index (χ1) is 18.7. The van der Waals surface area contributed by atoms with Crippen LogP contribution in [0.4, 0.5) is 41.6 Å². The Morgan fingerprint density at radius 1 is 0.950 bits per heavy atom. The largest absolute Gasteiger partial charge is 0.453 e. The highest BCUT2D eigenvalue weighted by molar-refractivity contribution is 5.91. The van der Waals surface area contributed by atoms with Crippen LogP contribution in [-0.4, -0.2) is 36.8 Å². The number of anilines is 1. The number of hydrogen-bond acceptors (Lipinski definition) is 4. The summed E-state index contributed by atoms with van der Waals surface area (Å²) in [5, 5.41) is 0. The van der Waals surface area contributed by atoms with Crippen molar-refractivity contribution in [2.45, 2.75) is 76.9 Å². The minimum atomic E-state index is -5.03. The van der Waals surface area contributed by atoms with E-state index in [-0.39, 0.29) is 24.7 Å². The lowest BCUT2D eigenvalue weighted by Gasteiger charge is -2.43. The average molecular weight is 573 g/mol. The smallest absolute Gasteiger partial charge is 0.416 e. The molecule has 218 valence electrons. The molecule has 2 aromatic rings. The maximum Gasteiger partial charge on any atom is 0.416 e. The lowest BCUT2D eigenvalue weighted by atomic mass is 9.83. The van der Waals surface area contributed by atoms with E-state index in [1.807, 2.05) is 12.1 Å². The number of halogens is 6. The predicted octanol–water partition coefficient (Wildman–Crippen LogP) is 7.67. The van der Waals surface area contributed by atoms with Gasteiger partial charge in [-0.25, -0.2) is 9.59 Å². The van der Waals surface area contributed by atoms with E-state index in [0.717, 1.165) is 48.8 Å². The van der Waals surface area contributed by atoms with Crippen LogP contribution in [0, 0.1) is 0 Å². The van der Waals surface area contributed by atoms with Crippen LogP contribution in [0.3, 0.4) is 0 Å². The van der Waals surface area contributed by atoms with E-state index in [0.29, 0.717) is 23.4 Å². The Hall–Kier alpha value is -3.44. The number of alkyl halides is 6. The minimum absolute atomic E-state index is 0.0491. The molecule has 0 radical (unpaired) electrons. The zero-order valence-electron chi connectivity index (χ0n) is 22.3. The Bertz CT molecular complexity index is 1240. The normalized spacial score (nSPS) is 19.0. The fourth-order valence-corrected chi connectivity index (χ4v) is 5.55. The molecule has 2 atom stereocenters. The quantitative estimate of drug-likeness (QED) is 0.353. The van der Waals surface area contributed by atoms with Crippen LogP contribution in [0.5, 0.6) is 0 Å². The molecule has 0 fully saturated rings. The van der Waals surface area contributed by atoms with Gasteiger partial charge in [-0.3, -0.25) is 9.80 Å². The highest BCUT2D eigenvalue weighted by atomic mass is 19.4. The number of ether oxygens (including phenoxy) is 2. The van der Waals surface area contributed by atoms with Gasteiger partial charge in [-0.1, -0.05) is 6.07 Å². The first-order valence-corrected chi connectivity index (χ1v) is 13.0. The summed E-state index contributed by atoms with van der Waals surface area (Å²) in [5.74, 6) is 0. The first kappa shape index (κ1) is 29.5. The van der Waals surface area contributed by atoms with E-state index >= 15 is 0 Å². The second-order valence-corrected chi connectivity index (χ2v) is 10.1. The summed E-state index contributed by atoms with van der Waals surface area (Å²) in [7, 11) is 1.09. The Kier molecular flexibility index (Phi) is 8.28. The summed E-state index contributed by atoms with van der Waals surface area (Å²) < 4.78 is 91.3. The summed E-state index contributed by atoms with van der Waals surface area (Å²) in [4.78, 5) is 28.6. The third-order valence-electron chi connectivity index (χ3n) is 7.37. The van der Waals surface area contributed by atoms with Gasteiger partial charge in [0.05, 0.1) is 36.6 Å². The molecule has 2 amide bonds. The Balaban J connectivity index is 1.84. The van der Waals surface area contributed by atoms with Crippen molar-refractivity contribution in [3.05, 3.63) is 63.7 Å². The number of aryl methyl sites for hydroxylation is 2. The van der Waals surface area contributed by atoms with Gasteiger partial charge in [-0.15, -0.1) is 0 Å². The number of benzene rings is 2. The van der Waals surface area contributed by atoms with Crippen LogP contribution >= 0.6 is 0 Å². The molecule has 0 spiro atoms. The van der Waals surface area contributed by atoms with Gasteiger partial charge in [0.2, 0.25) is 0 Å². The molecule has 40 heavy (non-hydrogen) atoms. The maximum absolute atomic E-state index is 13.5. The fraction of sp³-hybridized carbons (Fsp3) is 0.500. The number of carbonyl (C=O) groups excluding carboxylic acids is 2. The summed E-state index contributed by atoms with van der Waals surface area (Å²) in [5.41, 5.74) is -0.171.